The molecule has 2 saturated heterocycles. The van der Waals surface area contributed by atoms with Crippen LogP contribution in [0.3, 0.4) is 0 Å². The van der Waals surface area contributed by atoms with Gasteiger partial charge in [-0.05, 0) is 62.6 Å². The van der Waals surface area contributed by atoms with Crippen molar-refractivity contribution in [1.82, 2.24) is 4.90 Å². The minimum absolute atomic E-state index is 0.0426. The topological polar surface area (TPSA) is 77.1 Å². The molecule has 9 heteroatoms. The number of anilines is 1. The van der Waals surface area contributed by atoms with E-state index in [0.29, 0.717) is 39.6 Å². The maximum atomic E-state index is 12.9. The molecule has 2 aliphatic rings. The van der Waals surface area contributed by atoms with E-state index in [1.807, 2.05) is 44.2 Å². The van der Waals surface area contributed by atoms with Crippen LogP contribution in [0.2, 0.25) is 0 Å². The lowest BCUT2D eigenvalue weighted by molar-refractivity contribution is -0.123. The number of carbonyl (C=O) groups is 2. The smallest absolute Gasteiger partial charge is 0.266 e. The van der Waals surface area contributed by atoms with Crippen LogP contribution >= 0.6 is 24.0 Å². The molecule has 0 saturated carbocycles. The van der Waals surface area contributed by atoms with Gasteiger partial charge in [-0.25, -0.2) is 0 Å². The van der Waals surface area contributed by atoms with Crippen molar-refractivity contribution >= 4 is 51.9 Å². The number of thiocarbonyl (C=S) groups is 1. The van der Waals surface area contributed by atoms with Gasteiger partial charge in [0.05, 0.1) is 24.2 Å². The molecule has 0 radical (unpaired) electrons. The average molecular weight is 513 g/mol. The number of benzene rings is 2. The molecule has 2 aromatic carbocycles. The molecule has 2 amide bonds. The molecule has 0 unspecified atom stereocenters. The Hall–Kier alpha value is -2.88. The van der Waals surface area contributed by atoms with Gasteiger partial charge < -0.3 is 19.5 Å². The second-order valence-electron chi connectivity index (χ2n) is 8.27. The van der Waals surface area contributed by atoms with Crippen LogP contribution in [0, 0.1) is 6.92 Å². The molecule has 1 N–H and O–H groups in total. The summed E-state index contributed by atoms with van der Waals surface area (Å²) in [6, 6.07) is 12.9. The molecule has 0 aromatic heterocycles. The van der Waals surface area contributed by atoms with E-state index < -0.39 is 0 Å². The van der Waals surface area contributed by atoms with Gasteiger partial charge in [-0.1, -0.05) is 47.7 Å². The van der Waals surface area contributed by atoms with Crippen LogP contribution in [-0.2, 0) is 14.3 Å². The van der Waals surface area contributed by atoms with E-state index in [9.17, 15) is 9.59 Å². The predicted molar refractivity (Wildman–Crippen MR) is 142 cm³/mol. The van der Waals surface area contributed by atoms with E-state index in [4.69, 9.17) is 26.4 Å². The van der Waals surface area contributed by atoms with Gasteiger partial charge in [0, 0.05) is 12.3 Å². The minimum Gasteiger partial charge on any atom is -0.490 e. The summed E-state index contributed by atoms with van der Waals surface area (Å²) in [6.45, 7) is 5.35. The van der Waals surface area contributed by atoms with Crippen LogP contribution in [0.25, 0.3) is 6.08 Å². The molecule has 2 fully saturated rings. The molecule has 7 nitrogen and oxygen atoms in total. The van der Waals surface area contributed by atoms with Gasteiger partial charge in [-0.15, -0.1) is 0 Å². The number of ether oxygens (including phenoxy) is 3. The summed E-state index contributed by atoms with van der Waals surface area (Å²) in [7, 11) is 0. The molecular formula is C26H28N2O5S2. The number of hydrogen-bond donors (Lipinski definition) is 1. The van der Waals surface area contributed by atoms with Gasteiger partial charge in [0.1, 0.15) is 4.32 Å². The molecule has 4 rings (SSSR count). The zero-order valence-corrected chi connectivity index (χ0v) is 21.4. The van der Waals surface area contributed by atoms with Crippen LogP contribution in [-0.4, -0.2) is 53.5 Å². The molecule has 1 atom stereocenters. The quantitative estimate of drug-likeness (QED) is 0.382. The Morgan fingerprint density at radius 3 is 2.74 bits per heavy atom. The monoisotopic (exact) mass is 512 g/mol. The van der Waals surface area contributed by atoms with E-state index >= 15 is 0 Å². The van der Waals surface area contributed by atoms with Gasteiger partial charge in [-0.3, -0.25) is 14.5 Å². The summed E-state index contributed by atoms with van der Waals surface area (Å²) >= 11 is 6.72. The second-order valence-corrected chi connectivity index (χ2v) is 9.95. The third kappa shape index (κ3) is 6.62. The largest absolute Gasteiger partial charge is 0.490 e. The molecule has 35 heavy (non-hydrogen) atoms. The van der Waals surface area contributed by atoms with Crippen molar-refractivity contribution in [2.24, 2.45) is 0 Å². The summed E-state index contributed by atoms with van der Waals surface area (Å²) in [5.74, 6) is 0.574. The maximum Gasteiger partial charge on any atom is 0.266 e. The van der Waals surface area contributed by atoms with Crippen molar-refractivity contribution in [1.29, 1.82) is 0 Å². The maximum absolute atomic E-state index is 12.9. The van der Waals surface area contributed by atoms with Gasteiger partial charge in [0.2, 0.25) is 0 Å². The predicted octanol–water partition coefficient (Wildman–Crippen LogP) is 4.79. The summed E-state index contributed by atoms with van der Waals surface area (Å²) in [5.41, 5.74) is 2.61. The Balaban J connectivity index is 1.41. The molecule has 184 valence electrons. The Labute approximate surface area is 214 Å². The number of aryl methyl sites for hydroxylation is 1. The molecule has 0 aliphatic carbocycles. The van der Waals surface area contributed by atoms with Crippen LogP contribution in [0.15, 0.2) is 47.4 Å². The van der Waals surface area contributed by atoms with Crippen molar-refractivity contribution in [3.05, 3.63) is 58.5 Å². The zero-order chi connectivity index (χ0) is 24.8. The Kier molecular flexibility index (Phi) is 8.43. The van der Waals surface area contributed by atoms with E-state index in [0.717, 1.165) is 30.6 Å². The standard InChI is InChI=1S/C26H28N2O5S2/c1-3-31-22-13-18(14-23-25(30)28(26(34)35-23)15-20-5-4-12-32-20)8-11-21(22)33-16-24(29)27-19-9-6-17(2)7-10-19/h6-11,13-14,20H,3-5,12,15-16H2,1-2H3,(H,27,29)/b23-14-/t20-/m1/s1. The number of nitrogens with zero attached hydrogens (tertiary/aromatic N) is 1. The van der Waals surface area contributed by atoms with Crippen molar-refractivity contribution < 1.29 is 23.8 Å². The molecular weight excluding hydrogens is 484 g/mol. The molecule has 0 bridgehead atoms. The van der Waals surface area contributed by atoms with Gasteiger partial charge in [0.15, 0.2) is 18.1 Å². The van der Waals surface area contributed by atoms with Crippen LogP contribution in [0.4, 0.5) is 5.69 Å². The normalized spacial score (nSPS) is 18.9. The Morgan fingerprint density at radius 2 is 2.03 bits per heavy atom. The second kappa shape index (κ2) is 11.7. The lowest BCUT2D eigenvalue weighted by Crippen LogP contribution is -2.35. The van der Waals surface area contributed by atoms with Crippen molar-refractivity contribution in [2.45, 2.75) is 32.8 Å². The molecule has 2 aromatic rings. The number of carbonyl (C=O) groups excluding carboxylic acids is 2. The van der Waals surface area contributed by atoms with E-state index in [2.05, 4.69) is 5.32 Å². The summed E-state index contributed by atoms with van der Waals surface area (Å²) in [5, 5.41) is 2.81. The Bertz CT molecular complexity index is 1130. The first kappa shape index (κ1) is 25.2. The van der Waals surface area contributed by atoms with Gasteiger partial charge >= 0.3 is 0 Å². The third-order valence-electron chi connectivity index (χ3n) is 5.54. The molecule has 0 spiro atoms. The lowest BCUT2D eigenvalue weighted by Gasteiger charge is -2.18. The number of nitrogens with one attached hydrogen (secondary N) is 1. The highest BCUT2D eigenvalue weighted by molar-refractivity contribution is 8.26. The zero-order valence-electron chi connectivity index (χ0n) is 19.7. The fourth-order valence-corrected chi connectivity index (χ4v) is 5.06. The fourth-order valence-electron chi connectivity index (χ4n) is 3.78. The van der Waals surface area contributed by atoms with Crippen molar-refractivity contribution in [3.63, 3.8) is 0 Å². The third-order valence-corrected chi connectivity index (χ3v) is 6.92. The Morgan fingerprint density at radius 1 is 1.23 bits per heavy atom. The highest BCUT2D eigenvalue weighted by Crippen LogP contribution is 2.35. The van der Waals surface area contributed by atoms with Crippen LogP contribution < -0.4 is 14.8 Å². The van der Waals surface area contributed by atoms with Crippen LogP contribution in [0.1, 0.15) is 30.9 Å². The number of thioether (sulfide) groups is 1. The van der Waals surface area contributed by atoms with Gasteiger partial charge in [-0.2, -0.15) is 0 Å². The van der Waals surface area contributed by atoms with E-state index in [1.54, 1.807) is 23.1 Å². The average Bonchev–Trinajstić information content (AvgIpc) is 3.44. The summed E-state index contributed by atoms with van der Waals surface area (Å²) < 4.78 is 17.7. The van der Waals surface area contributed by atoms with Gasteiger partial charge in [0.25, 0.3) is 11.8 Å². The SMILES string of the molecule is CCOc1cc(/C=C2\SC(=S)N(C[C@H]3CCCO3)C2=O)ccc1OCC(=O)Nc1ccc(C)cc1. The molecule has 2 aliphatic heterocycles. The summed E-state index contributed by atoms with van der Waals surface area (Å²) in [6.07, 6.45) is 3.79. The van der Waals surface area contributed by atoms with E-state index in [1.165, 1.54) is 11.8 Å². The minimum atomic E-state index is -0.268. The number of amides is 2. The first-order valence-electron chi connectivity index (χ1n) is 11.6. The lowest BCUT2D eigenvalue weighted by atomic mass is 10.1. The highest BCUT2D eigenvalue weighted by atomic mass is 32.2. The number of hydrogen-bond acceptors (Lipinski definition) is 7. The first-order valence-corrected chi connectivity index (χ1v) is 12.8. The summed E-state index contributed by atoms with van der Waals surface area (Å²) in [4.78, 5) is 27.4. The number of rotatable bonds is 9. The fraction of sp³-hybridized carbons (Fsp3) is 0.346. The van der Waals surface area contributed by atoms with Crippen molar-refractivity contribution in [2.75, 3.05) is 31.7 Å². The van der Waals surface area contributed by atoms with E-state index in [-0.39, 0.29) is 24.5 Å². The van der Waals surface area contributed by atoms with Crippen molar-refractivity contribution in [3.8, 4) is 11.5 Å². The molecule has 2 heterocycles. The highest BCUT2D eigenvalue weighted by Gasteiger charge is 2.34. The van der Waals surface area contributed by atoms with Crippen LogP contribution in [0.5, 0.6) is 11.5 Å². The first-order chi connectivity index (χ1) is 16.9.